The molecule has 0 saturated carbocycles. The van der Waals surface area contributed by atoms with Crippen molar-refractivity contribution in [3.63, 3.8) is 0 Å². The predicted octanol–water partition coefficient (Wildman–Crippen LogP) is 2.75. The Balaban J connectivity index is 2.22. The summed E-state index contributed by atoms with van der Waals surface area (Å²) in [5.74, 6) is -0.245. The summed E-state index contributed by atoms with van der Waals surface area (Å²) in [6.45, 7) is 7.54. The Labute approximate surface area is 161 Å². The molecule has 0 aliphatic rings. The van der Waals surface area contributed by atoms with Crippen molar-refractivity contribution in [3.05, 3.63) is 61.6 Å². The highest BCUT2D eigenvalue weighted by Crippen LogP contribution is 2.18. The van der Waals surface area contributed by atoms with Crippen molar-refractivity contribution in [1.82, 2.24) is 14.5 Å². The van der Waals surface area contributed by atoms with E-state index >= 15 is 0 Å². The van der Waals surface area contributed by atoms with E-state index in [0.29, 0.717) is 15.9 Å². The van der Waals surface area contributed by atoms with Crippen molar-refractivity contribution in [2.45, 2.75) is 46.7 Å². The van der Waals surface area contributed by atoms with Gasteiger partial charge < -0.3 is 5.32 Å². The summed E-state index contributed by atoms with van der Waals surface area (Å²) >= 11 is 1.28. The van der Waals surface area contributed by atoms with Crippen LogP contribution in [0.3, 0.4) is 0 Å². The lowest BCUT2D eigenvalue weighted by atomic mass is 10.1. The van der Waals surface area contributed by atoms with Crippen molar-refractivity contribution in [2.75, 3.05) is 0 Å². The van der Waals surface area contributed by atoms with E-state index in [1.54, 1.807) is 11.4 Å². The Kier molecular flexibility index (Phi) is 5.32. The predicted molar refractivity (Wildman–Crippen MR) is 109 cm³/mol. The van der Waals surface area contributed by atoms with Gasteiger partial charge in [0.05, 0.1) is 11.2 Å². The van der Waals surface area contributed by atoms with Crippen LogP contribution in [0.2, 0.25) is 0 Å². The number of benzene rings is 1. The zero-order chi connectivity index (χ0) is 19.7. The van der Waals surface area contributed by atoms with E-state index in [0.717, 1.165) is 17.5 Å². The summed E-state index contributed by atoms with van der Waals surface area (Å²) < 4.78 is 3.02. The van der Waals surface area contributed by atoms with Crippen molar-refractivity contribution in [1.29, 1.82) is 0 Å². The van der Waals surface area contributed by atoms with Crippen LogP contribution in [-0.4, -0.2) is 21.1 Å². The number of fused-ring (bicyclic) bond motifs is 1. The van der Waals surface area contributed by atoms with Gasteiger partial charge in [-0.15, -0.1) is 11.3 Å². The number of aryl methyl sites for hydroxylation is 2. The number of carbonyl (C=O) groups excluding carboxylic acids is 1. The van der Waals surface area contributed by atoms with Gasteiger partial charge in [0, 0.05) is 6.04 Å². The van der Waals surface area contributed by atoms with Crippen molar-refractivity contribution in [3.8, 4) is 5.69 Å². The van der Waals surface area contributed by atoms with Crippen LogP contribution in [0.5, 0.6) is 0 Å². The molecule has 142 valence electrons. The van der Waals surface area contributed by atoms with Crippen LogP contribution >= 0.6 is 11.3 Å². The van der Waals surface area contributed by atoms with Gasteiger partial charge in [0.1, 0.15) is 11.2 Å². The molecule has 0 fully saturated rings. The summed E-state index contributed by atoms with van der Waals surface area (Å²) in [5, 5.41) is 4.64. The number of amides is 1. The second kappa shape index (κ2) is 7.52. The van der Waals surface area contributed by atoms with E-state index in [9.17, 15) is 14.4 Å². The third-order valence-corrected chi connectivity index (χ3v) is 5.57. The average molecular weight is 385 g/mol. The number of thiophene rings is 1. The zero-order valence-corrected chi connectivity index (χ0v) is 16.7. The van der Waals surface area contributed by atoms with Gasteiger partial charge in [-0.1, -0.05) is 19.1 Å². The Morgan fingerprint density at radius 3 is 2.67 bits per heavy atom. The lowest BCUT2D eigenvalue weighted by molar-refractivity contribution is -0.122. The molecule has 1 amide bonds. The van der Waals surface area contributed by atoms with Gasteiger partial charge >= 0.3 is 5.69 Å². The molecule has 1 atom stereocenters. The SMILES string of the molecule is CC[C@@H](C)NC(=O)Cn1c(=O)n(-c2cc(C)ccc2C)c(=O)c2sccc21. The highest BCUT2D eigenvalue weighted by atomic mass is 32.1. The van der Waals surface area contributed by atoms with Crippen LogP contribution in [-0.2, 0) is 11.3 Å². The number of hydrogen-bond donors (Lipinski definition) is 1. The molecule has 7 heteroatoms. The van der Waals surface area contributed by atoms with E-state index in [2.05, 4.69) is 5.32 Å². The molecule has 0 unspecified atom stereocenters. The van der Waals surface area contributed by atoms with E-state index in [1.807, 2.05) is 45.9 Å². The largest absolute Gasteiger partial charge is 0.352 e. The molecule has 0 bridgehead atoms. The second-order valence-corrected chi connectivity index (χ2v) is 7.73. The smallest absolute Gasteiger partial charge is 0.336 e. The molecular weight excluding hydrogens is 362 g/mol. The third-order valence-electron chi connectivity index (χ3n) is 4.68. The molecule has 0 radical (unpaired) electrons. The first kappa shape index (κ1) is 19.1. The first-order valence-corrected chi connectivity index (χ1v) is 9.81. The molecule has 0 spiro atoms. The minimum absolute atomic E-state index is 0.0242. The molecular formula is C20H23N3O3S. The van der Waals surface area contributed by atoms with Crippen LogP contribution in [0.15, 0.2) is 39.2 Å². The van der Waals surface area contributed by atoms with Gasteiger partial charge in [0.2, 0.25) is 5.91 Å². The molecule has 0 aliphatic carbocycles. The lowest BCUT2D eigenvalue weighted by Crippen LogP contribution is -2.43. The zero-order valence-electron chi connectivity index (χ0n) is 15.9. The summed E-state index contributed by atoms with van der Waals surface area (Å²) in [6, 6.07) is 7.38. The average Bonchev–Trinajstić information content (AvgIpc) is 3.11. The molecule has 27 heavy (non-hydrogen) atoms. The van der Waals surface area contributed by atoms with Gasteiger partial charge in [-0.3, -0.25) is 14.2 Å². The minimum atomic E-state index is -0.501. The number of nitrogens with one attached hydrogen (secondary N) is 1. The topological polar surface area (TPSA) is 73.1 Å². The maximum absolute atomic E-state index is 13.2. The minimum Gasteiger partial charge on any atom is -0.352 e. The van der Waals surface area contributed by atoms with Gasteiger partial charge in [-0.25, -0.2) is 9.36 Å². The van der Waals surface area contributed by atoms with Crippen LogP contribution < -0.4 is 16.6 Å². The van der Waals surface area contributed by atoms with Crippen LogP contribution in [0, 0.1) is 13.8 Å². The molecule has 0 saturated heterocycles. The molecule has 0 aliphatic heterocycles. The Hall–Kier alpha value is -2.67. The van der Waals surface area contributed by atoms with Crippen molar-refractivity contribution in [2.24, 2.45) is 0 Å². The molecule has 3 aromatic rings. The van der Waals surface area contributed by atoms with Crippen molar-refractivity contribution >= 4 is 27.5 Å². The molecule has 2 aromatic heterocycles. The first-order chi connectivity index (χ1) is 12.8. The fourth-order valence-electron chi connectivity index (χ4n) is 2.98. The molecule has 1 aromatic carbocycles. The second-order valence-electron chi connectivity index (χ2n) is 6.81. The molecule has 2 heterocycles. The highest BCUT2D eigenvalue weighted by Gasteiger charge is 2.19. The number of aromatic nitrogens is 2. The van der Waals surface area contributed by atoms with E-state index < -0.39 is 5.69 Å². The van der Waals surface area contributed by atoms with Crippen LogP contribution in [0.25, 0.3) is 15.9 Å². The number of carbonyl (C=O) groups is 1. The van der Waals surface area contributed by atoms with Crippen LogP contribution in [0.4, 0.5) is 0 Å². The van der Waals surface area contributed by atoms with Gasteiger partial charge in [0.25, 0.3) is 5.56 Å². The molecule has 3 rings (SSSR count). The quantitative estimate of drug-likeness (QED) is 0.734. The van der Waals surface area contributed by atoms with E-state index in [4.69, 9.17) is 0 Å². The summed E-state index contributed by atoms with van der Waals surface area (Å²) in [4.78, 5) is 38.6. The molecule has 1 N–H and O–H groups in total. The summed E-state index contributed by atoms with van der Waals surface area (Å²) in [5.41, 5.74) is 1.98. The fraction of sp³-hybridized carbons (Fsp3) is 0.350. The Bertz CT molecular complexity index is 1120. The monoisotopic (exact) mass is 385 g/mol. The third kappa shape index (κ3) is 3.60. The Morgan fingerprint density at radius 2 is 1.96 bits per heavy atom. The Morgan fingerprint density at radius 1 is 1.22 bits per heavy atom. The number of hydrogen-bond acceptors (Lipinski definition) is 4. The number of nitrogens with zero attached hydrogens (tertiary/aromatic N) is 2. The first-order valence-electron chi connectivity index (χ1n) is 8.93. The number of rotatable bonds is 5. The maximum atomic E-state index is 13.2. The van der Waals surface area contributed by atoms with Crippen molar-refractivity contribution < 1.29 is 4.79 Å². The van der Waals surface area contributed by atoms with E-state index in [-0.39, 0.29) is 24.1 Å². The van der Waals surface area contributed by atoms with E-state index in [1.165, 1.54) is 20.5 Å². The molecule has 6 nitrogen and oxygen atoms in total. The maximum Gasteiger partial charge on any atom is 0.336 e. The lowest BCUT2D eigenvalue weighted by Gasteiger charge is -2.16. The summed E-state index contributed by atoms with van der Waals surface area (Å²) in [6.07, 6.45) is 0.802. The van der Waals surface area contributed by atoms with Crippen LogP contribution in [0.1, 0.15) is 31.4 Å². The standard InChI is InChI=1S/C20H23N3O3S/c1-5-14(4)21-17(24)11-22-15-8-9-27-18(15)19(25)23(20(22)26)16-10-12(2)6-7-13(16)3/h6-10,14H,5,11H2,1-4H3,(H,21,24)/t14-/m1/s1. The normalized spacial score (nSPS) is 12.3. The van der Waals surface area contributed by atoms with Gasteiger partial charge in [0.15, 0.2) is 0 Å². The van der Waals surface area contributed by atoms with Gasteiger partial charge in [-0.05, 0) is 55.8 Å². The highest BCUT2D eigenvalue weighted by molar-refractivity contribution is 7.17. The fourth-order valence-corrected chi connectivity index (χ4v) is 3.80. The summed E-state index contributed by atoms with van der Waals surface area (Å²) in [7, 11) is 0. The van der Waals surface area contributed by atoms with Gasteiger partial charge in [-0.2, -0.15) is 0 Å².